The van der Waals surface area contributed by atoms with E-state index in [-0.39, 0.29) is 0 Å². The lowest BCUT2D eigenvalue weighted by Crippen LogP contribution is -1.98. The molecule has 0 atom stereocenters. The summed E-state index contributed by atoms with van der Waals surface area (Å²) >= 11 is 0. The Morgan fingerprint density at radius 1 is 0.274 bits per heavy atom. The van der Waals surface area contributed by atoms with Crippen LogP contribution in [-0.2, 0) is 7.05 Å². The van der Waals surface area contributed by atoms with Gasteiger partial charge in [-0.05, 0) is 141 Å². The van der Waals surface area contributed by atoms with Gasteiger partial charge in [-0.1, -0.05) is 72.8 Å². The Hall–Kier alpha value is -7.64. The number of ether oxygens (including phenoxy) is 6. The second-order valence-corrected chi connectivity index (χ2v) is 15.1. The van der Waals surface area contributed by atoms with Gasteiger partial charge in [0.15, 0.2) is 0 Å². The van der Waals surface area contributed by atoms with Crippen LogP contribution in [0.25, 0.3) is 88.6 Å². The van der Waals surface area contributed by atoms with Crippen molar-refractivity contribution < 1.29 is 28.4 Å². The maximum absolute atomic E-state index is 5.68. The van der Waals surface area contributed by atoms with E-state index in [1.807, 2.05) is 72.8 Å². The van der Waals surface area contributed by atoms with Crippen LogP contribution >= 0.6 is 0 Å². The van der Waals surface area contributed by atoms with Crippen molar-refractivity contribution >= 4 is 21.8 Å². The Kier molecular flexibility index (Phi) is 10.8. The van der Waals surface area contributed by atoms with Gasteiger partial charge < -0.3 is 33.0 Å². The van der Waals surface area contributed by atoms with E-state index in [0.717, 1.165) is 123 Å². The molecule has 0 saturated heterocycles. The van der Waals surface area contributed by atoms with Crippen LogP contribution in [0.5, 0.6) is 34.5 Å². The highest BCUT2D eigenvalue weighted by Crippen LogP contribution is 2.52. The smallest absolute Gasteiger partial charge is 0.118 e. The van der Waals surface area contributed by atoms with Gasteiger partial charge in [-0.25, -0.2) is 0 Å². The molecule has 0 fully saturated rings. The summed E-state index contributed by atoms with van der Waals surface area (Å²) in [6.07, 6.45) is 0. The second kappa shape index (κ2) is 16.8. The SMILES string of the molecule is COc1ccc(-c2cc3c4cc(-c5ccc(OC)cc5)c(-c5ccc(OC)cc5)c(-c5ccc(OC)cc5)c4n(C)c3c(-c3ccc(OC)cc3)c2-c2ccc(OC)cc2)cc1. The van der Waals surface area contributed by atoms with Gasteiger partial charge in [0.05, 0.1) is 53.7 Å². The fourth-order valence-corrected chi connectivity index (χ4v) is 8.75. The van der Waals surface area contributed by atoms with Gasteiger partial charge in [0.1, 0.15) is 34.5 Å². The summed E-state index contributed by atoms with van der Waals surface area (Å²) in [5, 5.41) is 2.23. The van der Waals surface area contributed by atoms with Gasteiger partial charge in [-0.15, -0.1) is 0 Å². The summed E-state index contributed by atoms with van der Waals surface area (Å²) in [4.78, 5) is 0. The molecule has 0 bridgehead atoms. The monoisotopic (exact) mass is 817 g/mol. The minimum atomic E-state index is 0.786. The highest BCUT2D eigenvalue weighted by atomic mass is 16.5. The van der Waals surface area contributed by atoms with E-state index in [9.17, 15) is 0 Å². The first-order valence-corrected chi connectivity index (χ1v) is 20.4. The third kappa shape index (κ3) is 7.01. The molecule has 0 aliphatic heterocycles. The number of benzene rings is 8. The van der Waals surface area contributed by atoms with Crippen LogP contribution in [0.1, 0.15) is 0 Å². The molecule has 0 spiro atoms. The van der Waals surface area contributed by atoms with E-state index in [2.05, 4.69) is 96.5 Å². The van der Waals surface area contributed by atoms with Crippen LogP contribution < -0.4 is 28.4 Å². The van der Waals surface area contributed by atoms with E-state index in [1.165, 1.54) is 0 Å². The first-order chi connectivity index (χ1) is 30.4. The zero-order valence-electron chi connectivity index (χ0n) is 35.9. The highest BCUT2D eigenvalue weighted by Gasteiger charge is 2.27. The quantitative estimate of drug-likeness (QED) is 0.122. The van der Waals surface area contributed by atoms with E-state index in [1.54, 1.807) is 42.7 Å². The maximum atomic E-state index is 5.68. The van der Waals surface area contributed by atoms with Crippen molar-refractivity contribution in [3.05, 3.63) is 158 Å². The second-order valence-electron chi connectivity index (χ2n) is 15.1. The normalized spacial score (nSPS) is 11.1. The Morgan fingerprint density at radius 2 is 0.484 bits per heavy atom. The largest absolute Gasteiger partial charge is 0.497 e. The molecule has 62 heavy (non-hydrogen) atoms. The number of hydrogen-bond donors (Lipinski definition) is 0. The summed E-state index contributed by atoms with van der Waals surface area (Å²) in [5.74, 6) is 4.74. The van der Waals surface area contributed by atoms with Gasteiger partial charge in [-0.2, -0.15) is 0 Å². The lowest BCUT2D eigenvalue weighted by Gasteiger charge is -2.20. The average Bonchev–Trinajstić information content (AvgIpc) is 3.63. The predicted octanol–water partition coefficient (Wildman–Crippen LogP) is 13.4. The van der Waals surface area contributed by atoms with E-state index < -0.39 is 0 Å². The van der Waals surface area contributed by atoms with Gasteiger partial charge in [-0.3, -0.25) is 0 Å². The molecule has 1 heterocycles. The van der Waals surface area contributed by atoms with Crippen LogP contribution in [0.4, 0.5) is 0 Å². The van der Waals surface area contributed by atoms with Crippen molar-refractivity contribution in [1.82, 2.24) is 4.57 Å². The van der Waals surface area contributed by atoms with Crippen LogP contribution in [0.2, 0.25) is 0 Å². The first-order valence-electron chi connectivity index (χ1n) is 20.4. The Labute approximate surface area is 362 Å². The number of hydrogen-bond acceptors (Lipinski definition) is 6. The molecule has 8 aromatic carbocycles. The molecule has 7 nitrogen and oxygen atoms in total. The fraction of sp³-hybridized carbons (Fsp3) is 0.127. The lowest BCUT2D eigenvalue weighted by atomic mass is 9.84. The van der Waals surface area contributed by atoms with Gasteiger partial charge in [0, 0.05) is 28.9 Å². The fourth-order valence-electron chi connectivity index (χ4n) is 8.75. The predicted molar refractivity (Wildman–Crippen MR) is 252 cm³/mol. The van der Waals surface area contributed by atoms with Crippen LogP contribution in [0, 0.1) is 0 Å². The van der Waals surface area contributed by atoms with Crippen LogP contribution in [0.3, 0.4) is 0 Å². The average molecular weight is 818 g/mol. The highest BCUT2D eigenvalue weighted by molar-refractivity contribution is 6.23. The Morgan fingerprint density at radius 3 is 0.710 bits per heavy atom. The molecule has 0 amide bonds. The summed E-state index contributed by atoms with van der Waals surface area (Å²) in [7, 11) is 12.4. The number of rotatable bonds is 12. The van der Waals surface area contributed by atoms with Gasteiger partial charge in [0.25, 0.3) is 0 Å². The van der Waals surface area contributed by atoms with Crippen molar-refractivity contribution in [1.29, 1.82) is 0 Å². The molecule has 9 rings (SSSR count). The van der Waals surface area contributed by atoms with Crippen LogP contribution in [-0.4, -0.2) is 47.2 Å². The molecule has 0 aliphatic rings. The maximum Gasteiger partial charge on any atom is 0.118 e. The first kappa shape index (κ1) is 39.8. The lowest BCUT2D eigenvalue weighted by molar-refractivity contribution is 0.414. The molecule has 7 heteroatoms. The van der Waals surface area contributed by atoms with E-state index >= 15 is 0 Å². The van der Waals surface area contributed by atoms with Gasteiger partial charge in [0.2, 0.25) is 0 Å². The van der Waals surface area contributed by atoms with E-state index in [4.69, 9.17) is 28.4 Å². The topological polar surface area (TPSA) is 60.3 Å². The van der Waals surface area contributed by atoms with Crippen LogP contribution in [0.15, 0.2) is 158 Å². The Bertz CT molecular complexity index is 2810. The molecular formula is C55H47NO6. The standard InChI is InChI=1S/C55H47NO6/c1-56-54-48(32-46(34-8-20-40(57-2)21-9-34)50(36-12-24-42(59-4)25-13-36)52(54)38-16-28-44(61-6)29-17-38)49-33-47(35-10-22-41(58-3)23-11-35)51(37-14-26-43(60-5)27-15-37)53(55(49)56)39-18-30-45(62-7)31-19-39/h8-33H,1-7H3. The molecule has 9 aromatic rings. The number of fused-ring (bicyclic) bond motifs is 3. The minimum Gasteiger partial charge on any atom is -0.497 e. The van der Waals surface area contributed by atoms with Crippen molar-refractivity contribution in [2.75, 3.05) is 42.7 Å². The minimum absolute atomic E-state index is 0.786. The van der Waals surface area contributed by atoms with Crippen molar-refractivity contribution in [3.63, 3.8) is 0 Å². The molecule has 0 unspecified atom stereocenters. The molecule has 0 saturated carbocycles. The molecule has 0 aliphatic carbocycles. The van der Waals surface area contributed by atoms with Crippen molar-refractivity contribution in [2.24, 2.45) is 7.05 Å². The summed E-state index contributed by atoms with van der Waals surface area (Å²) in [6, 6.07) is 54.9. The molecule has 0 N–H and O–H groups in total. The molecule has 308 valence electrons. The summed E-state index contributed by atoms with van der Waals surface area (Å²) in [5.41, 5.74) is 15.1. The van der Waals surface area contributed by atoms with Crippen molar-refractivity contribution in [3.8, 4) is 101 Å². The zero-order valence-corrected chi connectivity index (χ0v) is 35.9. The molecule has 1 aromatic heterocycles. The van der Waals surface area contributed by atoms with E-state index in [0.29, 0.717) is 0 Å². The number of aryl methyl sites for hydroxylation is 1. The summed E-state index contributed by atoms with van der Waals surface area (Å²) in [6.45, 7) is 0. The molecule has 0 radical (unpaired) electrons. The Balaban J connectivity index is 1.51. The number of nitrogens with zero attached hydrogens (tertiary/aromatic N) is 1. The van der Waals surface area contributed by atoms with Gasteiger partial charge >= 0.3 is 0 Å². The van der Waals surface area contributed by atoms with Crippen molar-refractivity contribution in [2.45, 2.75) is 0 Å². The number of methoxy groups -OCH3 is 6. The third-order valence-electron chi connectivity index (χ3n) is 11.9. The number of aromatic nitrogens is 1. The molecular weight excluding hydrogens is 771 g/mol. The zero-order chi connectivity index (χ0) is 42.9. The summed E-state index contributed by atoms with van der Waals surface area (Å²) < 4.78 is 36.3. The third-order valence-corrected chi connectivity index (χ3v) is 11.9.